The number of halogens is 1. The number of hydrogen-bond donors (Lipinski definition) is 2. The standard InChI is InChI=1S/C22H25ClN2O/c1-2-15-9-6-10-18(19(15)23)21(26)24-20(16-7-4-3-5-8-16)22-13-11-17(25-22)12-14-22/h3-10,17,20,25H,2,11-14H2,1H3,(H,24,26). The zero-order chi connectivity index (χ0) is 18.1. The summed E-state index contributed by atoms with van der Waals surface area (Å²) in [4.78, 5) is 13.1. The van der Waals surface area contributed by atoms with Gasteiger partial charge in [-0.1, -0.05) is 61.0 Å². The lowest BCUT2D eigenvalue weighted by atomic mass is 9.78. The van der Waals surface area contributed by atoms with E-state index in [0.29, 0.717) is 16.6 Å². The molecule has 4 rings (SSSR count). The minimum atomic E-state index is -0.0920. The Hall–Kier alpha value is -1.84. The molecule has 2 N–H and O–H groups in total. The maximum Gasteiger partial charge on any atom is 0.253 e. The Morgan fingerprint density at radius 1 is 1.19 bits per heavy atom. The van der Waals surface area contributed by atoms with Crippen LogP contribution in [0.4, 0.5) is 0 Å². The third kappa shape index (κ3) is 3.04. The Labute approximate surface area is 160 Å². The van der Waals surface area contributed by atoms with E-state index in [9.17, 15) is 4.79 Å². The van der Waals surface area contributed by atoms with Gasteiger partial charge in [-0.25, -0.2) is 0 Å². The zero-order valence-electron chi connectivity index (χ0n) is 15.1. The lowest BCUT2D eigenvalue weighted by Crippen LogP contribution is -2.50. The van der Waals surface area contributed by atoms with Crippen molar-refractivity contribution in [1.29, 1.82) is 0 Å². The highest BCUT2D eigenvalue weighted by Crippen LogP contribution is 2.45. The molecule has 0 radical (unpaired) electrons. The number of benzene rings is 2. The van der Waals surface area contributed by atoms with Crippen LogP contribution in [0, 0.1) is 0 Å². The fraction of sp³-hybridized carbons (Fsp3) is 0.409. The zero-order valence-corrected chi connectivity index (χ0v) is 15.9. The van der Waals surface area contributed by atoms with Gasteiger partial charge in [0.1, 0.15) is 0 Å². The lowest BCUT2D eigenvalue weighted by molar-refractivity contribution is 0.0907. The molecule has 0 spiro atoms. The van der Waals surface area contributed by atoms with Gasteiger partial charge in [0.25, 0.3) is 5.91 Å². The van der Waals surface area contributed by atoms with Crippen LogP contribution in [0.1, 0.15) is 60.1 Å². The molecule has 2 heterocycles. The second kappa shape index (κ2) is 7.05. The van der Waals surface area contributed by atoms with Crippen molar-refractivity contribution in [2.24, 2.45) is 0 Å². The van der Waals surface area contributed by atoms with Gasteiger partial charge in [0.05, 0.1) is 16.6 Å². The molecule has 2 aliphatic rings. The van der Waals surface area contributed by atoms with Gasteiger partial charge >= 0.3 is 0 Å². The van der Waals surface area contributed by atoms with Crippen LogP contribution < -0.4 is 10.6 Å². The van der Waals surface area contributed by atoms with Gasteiger partial charge in [0, 0.05) is 11.6 Å². The molecule has 0 aliphatic carbocycles. The first-order chi connectivity index (χ1) is 12.6. The molecule has 26 heavy (non-hydrogen) atoms. The van der Waals surface area contributed by atoms with Crippen molar-refractivity contribution in [2.45, 2.75) is 56.7 Å². The van der Waals surface area contributed by atoms with Gasteiger partial charge in [0.2, 0.25) is 0 Å². The summed E-state index contributed by atoms with van der Waals surface area (Å²) in [5, 5.41) is 7.67. The third-order valence-corrected chi connectivity index (χ3v) is 6.48. The van der Waals surface area contributed by atoms with E-state index in [2.05, 4.69) is 29.7 Å². The molecule has 2 fully saturated rings. The number of nitrogens with one attached hydrogen (secondary N) is 2. The van der Waals surface area contributed by atoms with Crippen LogP contribution in [0.3, 0.4) is 0 Å². The molecule has 4 heteroatoms. The summed E-state index contributed by atoms with van der Waals surface area (Å²) in [6, 6.07) is 16.6. The molecule has 0 saturated carbocycles. The molecule has 2 aromatic carbocycles. The van der Waals surface area contributed by atoms with Crippen molar-refractivity contribution < 1.29 is 4.79 Å². The van der Waals surface area contributed by atoms with E-state index >= 15 is 0 Å². The predicted octanol–water partition coefficient (Wildman–Crippen LogP) is 4.66. The molecule has 1 atom stereocenters. The Bertz CT molecular complexity index is 797. The van der Waals surface area contributed by atoms with E-state index in [0.717, 1.165) is 30.4 Å². The maximum absolute atomic E-state index is 13.1. The molecule has 2 aliphatic heterocycles. The van der Waals surface area contributed by atoms with Gasteiger partial charge in [-0.2, -0.15) is 0 Å². The number of fused-ring (bicyclic) bond motifs is 2. The van der Waals surface area contributed by atoms with Crippen molar-refractivity contribution in [1.82, 2.24) is 10.6 Å². The van der Waals surface area contributed by atoms with Gasteiger partial charge in [-0.05, 0) is 49.3 Å². The van der Waals surface area contributed by atoms with Crippen LogP contribution in [-0.4, -0.2) is 17.5 Å². The molecular formula is C22H25ClN2O. The molecule has 0 aromatic heterocycles. The molecule has 2 aromatic rings. The van der Waals surface area contributed by atoms with Crippen LogP contribution in [0.25, 0.3) is 0 Å². The Balaban J connectivity index is 1.67. The summed E-state index contributed by atoms with van der Waals surface area (Å²) in [6.07, 6.45) is 5.38. The molecule has 1 unspecified atom stereocenters. The minimum absolute atomic E-state index is 0.0451. The summed E-state index contributed by atoms with van der Waals surface area (Å²) < 4.78 is 0. The van der Waals surface area contributed by atoms with Gasteiger partial charge in [0.15, 0.2) is 0 Å². The largest absolute Gasteiger partial charge is 0.343 e. The summed E-state index contributed by atoms with van der Waals surface area (Å²) in [6.45, 7) is 2.05. The molecule has 1 amide bonds. The van der Waals surface area contributed by atoms with Gasteiger partial charge < -0.3 is 10.6 Å². The highest BCUT2D eigenvalue weighted by molar-refractivity contribution is 6.34. The number of carbonyl (C=O) groups is 1. The topological polar surface area (TPSA) is 41.1 Å². The number of carbonyl (C=O) groups excluding carboxylic acids is 1. The second-order valence-electron chi connectivity index (χ2n) is 7.52. The third-order valence-electron chi connectivity index (χ3n) is 6.03. The van der Waals surface area contributed by atoms with E-state index in [1.807, 2.05) is 36.4 Å². The average molecular weight is 369 g/mol. The van der Waals surface area contributed by atoms with Crippen LogP contribution >= 0.6 is 11.6 Å². The predicted molar refractivity (Wildman–Crippen MR) is 106 cm³/mol. The SMILES string of the molecule is CCc1cccc(C(=O)NC(c2ccccc2)C23CCC(CC2)N3)c1Cl. The molecule has 3 nitrogen and oxygen atoms in total. The Morgan fingerprint density at radius 3 is 2.54 bits per heavy atom. The molecule has 2 saturated heterocycles. The van der Waals surface area contributed by atoms with E-state index in [1.165, 1.54) is 12.8 Å². The first-order valence-electron chi connectivity index (χ1n) is 9.54. The van der Waals surface area contributed by atoms with Crippen molar-refractivity contribution in [3.05, 3.63) is 70.2 Å². The van der Waals surface area contributed by atoms with Crippen molar-refractivity contribution in [2.75, 3.05) is 0 Å². The molecule has 136 valence electrons. The summed E-state index contributed by atoms with van der Waals surface area (Å²) in [7, 11) is 0. The molecule has 2 bridgehead atoms. The number of rotatable bonds is 5. The normalized spacial score (nSPS) is 25.2. The number of aryl methyl sites for hydroxylation is 1. The summed E-state index contributed by atoms with van der Waals surface area (Å²) in [5.74, 6) is -0.0920. The monoisotopic (exact) mass is 368 g/mol. The van der Waals surface area contributed by atoms with E-state index in [4.69, 9.17) is 11.6 Å². The van der Waals surface area contributed by atoms with Crippen LogP contribution in [0.15, 0.2) is 48.5 Å². The summed E-state index contributed by atoms with van der Waals surface area (Å²) >= 11 is 6.49. The average Bonchev–Trinajstić information content (AvgIpc) is 3.29. The van der Waals surface area contributed by atoms with Crippen molar-refractivity contribution in [3.63, 3.8) is 0 Å². The Kier molecular flexibility index (Phi) is 4.76. The lowest BCUT2D eigenvalue weighted by Gasteiger charge is -2.36. The second-order valence-corrected chi connectivity index (χ2v) is 7.90. The van der Waals surface area contributed by atoms with Crippen LogP contribution in [-0.2, 0) is 6.42 Å². The van der Waals surface area contributed by atoms with Gasteiger partial charge in [-0.15, -0.1) is 0 Å². The smallest absolute Gasteiger partial charge is 0.253 e. The maximum atomic E-state index is 13.1. The van der Waals surface area contributed by atoms with E-state index < -0.39 is 0 Å². The fourth-order valence-corrected chi connectivity index (χ4v) is 4.97. The first-order valence-corrected chi connectivity index (χ1v) is 9.91. The van der Waals surface area contributed by atoms with Crippen molar-refractivity contribution >= 4 is 17.5 Å². The minimum Gasteiger partial charge on any atom is -0.343 e. The fourth-order valence-electron chi connectivity index (χ4n) is 4.62. The van der Waals surface area contributed by atoms with Crippen LogP contribution in [0.2, 0.25) is 5.02 Å². The quantitative estimate of drug-likeness (QED) is 0.806. The highest BCUT2D eigenvalue weighted by atomic mass is 35.5. The Morgan fingerprint density at radius 2 is 1.92 bits per heavy atom. The number of amides is 1. The van der Waals surface area contributed by atoms with Crippen molar-refractivity contribution in [3.8, 4) is 0 Å². The first kappa shape index (κ1) is 17.6. The van der Waals surface area contributed by atoms with E-state index in [1.54, 1.807) is 0 Å². The van der Waals surface area contributed by atoms with Crippen LogP contribution in [0.5, 0.6) is 0 Å². The van der Waals surface area contributed by atoms with Gasteiger partial charge in [-0.3, -0.25) is 4.79 Å². The number of hydrogen-bond acceptors (Lipinski definition) is 2. The van der Waals surface area contributed by atoms with E-state index in [-0.39, 0.29) is 17.5 Å². The molecular weight excluding hydrogens is 344 g/mol. The highest BCUT2D eigenvalue weighted by Gasteiger charge is 2.50. The summed E-state index contributed by atoms with van der Waals surface area (Å²) in [5.41, 5.74) is 2.68.